The zero-order valence-electron chi connectivity index (χ0n) is 38.5. The number of hydrogen-bond acceptors (Lipinski definition) is 5. The third-order valence-electron chi connectivity index (χ3n) is 11.4. The minimum atomic E-state index is -0.851. The van der Waals surface area contributed by atoms with Crippen molar-refractivity contribution >= 4 is 11.9 Å². The van der Waals surface area contributed by atoms with Crippen molar-refractivity contribution in [2.45, 2.75) is 270 Å². The third kappa shape index (κ3) is 43.7. The lowest BCUT2D eigenvalue weighted by atomic mass is 10.0. The quantitative estimate of drug-likeness (QED) is 0.0323. The molecule has 6 heteroatoms. The molecular formula is C52H97NO5. The van der Waals surface area contributed by atoms with Crippen molar-refractivity contribution in [3.63, 3.8) is 0 Å². The molecule has 0 aliphatic heterocycles. The first kappa shape index (κ1) is 56.1. The average molecular weight is 816 g/mol. The first-order valence-electron chi connectivity index (χ1n) is 25.3. The molecule has 0 fully saturated rings. The molecule has 0 saturated carbocycles. The van der Waals surface area contributed by atoms with E-state index in [2.05, 4.69) is 43.5 Å². The van der Waals surface area contributed by atoms with Crippen LogP contribution >= 0.6 is 0 Å². The summed E-state index contributed by atoms with van der Waals surface area (Å²) in [6, 6.07) is -0.636. The van der Waals surface area contributed by atoms with Crippen LogP contribution in [0, 0.1) is 0 Å². The molecule has 0 aromatic carbocycles. The molecule has 0 aliphatic carbocycles. The van der Waals surface area contributed by atoms with Crippen LogP contribution in [-0.2, 0) is 14.3 Å². The molecule has 3 N–H and O–H groups in total. The minimum absolute atomic E-state index is 0.0152. The SMILES string of the molecule is CCCCCC/C=C\C/C=C\CCCCCCCCCC(=O)OCCCCCCCCCCCCCCCC(=O)NC(CO)C(O)/C=C/CCCCCCCCCC. The van der Waals surface area contributed by atoms with Gasteiger partial charge in [-0.05, 0) is 64.2 Å². The van der Waals surface area contributed by atoms with Gasteiger partial charge in [0.2, 0.25) is 5.91 Å². The molecule has 0 bridgehead atoms. The molecule has 1 amide bonds. The Bertz CT molecular complexity index is 946. The Morgan fingerprint density at radius 3 is 1.33 bits per heavy atom. The van der Waals surface area contributed by atoms with E-state index in [9.17, 15) is 19.8 Å². The van der Waals surface area contributed by atoms with Crippen molar-refractivity contribution < 1.29 is 24.5 Å². The molecule has 0 aliphatic rings. The summed E-state index contributed by atoms with van der Waals surface area (Å²) in [6.45, 7) is 4.83. The van der Waals surface area contributed by atoms with E-state index in [0.717, 1.165) is 64.2 Å². The van der Waals surface area contributed by atoms with Gasteiger partial charge in [0.05, 0.1) is 25.4 Å². The second kappa shape index (κ2) is 47.8. The van der Waals surface area contributed by atoms with E-state index in [1.165, 1.54) is 167 Å². The molecule has 6 nitrogen and oxygen atoms in total. The van der Waals surface area contributed by atoms with Gasteiger partial charge in [0, 0.05) is 12.8 Å². The van der Waals surface area contributed by atoms with Crippen molar-refractivity contribution in [1.29, 1.82) is 0 Å². The van der Waals surface area contributed by atoms with Crippen LogP contribution < -0.4 is 5.32 Å². The summed E-state index contributed by atoms with van der Waals surface area (Å²) in [7, 11) is 0. The highest BCUT2D eigenvalue weighted by Gasteiger charge is 2.18. The summed E-state index contributed by atoms with van der Waals surface area (Å²) in [5.41, 5.74) is 0. The molecule has 0 radical (unpaired) electrons. The molecule has 340 valence electrons. The van der Waals surface area contributed by atoms with Crippen LogP contribution in [0.1, 0.15) is 258 Å². The average Bonchev–Trinajstić information content (AvgIpc) is 3.22. The smallest absolute Gasteiger partial charge is 0.305 e. The second-order valence-electron chi connectivity index (χ2n) is 17.1. The van der Waals surface area contributed by atoms with Crippen molar-refractivity contribution in [3.8, 4) is 0 Å². The van der Waals surface area contributed by atoms with Crippen LogP contribution in [0.5, 0.6) is 0 Å². The van der Waals surface area contributed by atoms with Gasteiger partial charge in [0.25, 0.3) is 0 Å². The summed E-state index contributed by atoms with van der Waals surface area (Å²) >= 11 is 0. The van der Waals surface area contributed by atoms with Gasteiger partial charge in [-0.2, -0.15) is 0 Å². The lowest BCUT2D eigenvalue weighted by Crippen LogP contribution is -2.45. The van der Waals surface area contributed by atoms with Gasteiger partial charge in [-0.25, -0.2) is 0 Å². The first-order valence-corrected chi connectivity index (χ1v) is 25.3. The Balaban J connectivity index is 3.46. The van der Waals surface area contributed by atoms with Crippen LogP contribution in [0.15, 0.2) is 36.5 Å². The number of ether oxygens (including phenoxy) is 1. The standard InChI is InChI=1S/C52H97NO5/c1-3-5-7-9-11-13-15-16-17-18-19-20-23-26-30-34-38-42-46-52(57)58-47-43-39-35-31-27-24-21-22-25-29-33-37-41-45-51(56)53-49(48-54)50(55)44-40-36-32-28-14-12-10-8-6-4-2/h13,15,17-18,40,44,49-50,54-55H,3-12,14,16,19-39,41-43,45-48H2,1-2H3,(H,53,56)/b15-13-,18-17-,44-40+. The Hall–Kier alpha value is -1.92. The largest absolute Gasteiger partial charge is 0.466 e. The van der Waals surface area contributed by atoms with Crippen molar-refractivity contribution in [2.24, 2.45) is 0 Å². The summed E-state index contributed by atoms with van der Waals surface area (Å²) in [6.07, 6.45) is 57.1. The number of rotatable bonds is 46. The van der Waals surface area contributed by atoms with Crippen molar-refractivity contribution in [2.75, 3.05) is 13.2 Å². The molecule has 0 rings (SSSR count). The molecule has 2 atom stereocenters. The number of nitrogens with one attached hydrogen (secondary N) is 1. The van der Waals surface area contributed by atoms with Gasteiger partial charge in [0.1, 0.15) is 0 Å². The minimum Gasteiger partial charge on any atom is -0.466 e. The number of carbonyl (C=O) groups is 2. The summed E-state index contributed by atoms with van der Waals surface area (Å²) in [4.78, 5) is 24.4. The van der Waals surface area contributed by atoms with E-state index in [4.69, 9.17) is 4.74 Å². The number of aliphatic hydroxyl groups excluding tert-OH is 2. The maximum absolute atomic E-state index is 12.4. The molecule has 0 saturated heterocycles. The molecule has 0 aromatic rings. The number of amides is 1. The highest BCUT2D eigenvalue weighted by molar-refractivity contribution is 5.76. The van der Waals surface area contributed by atoms with E-state index in [1.54, 1.807) is 6.08 Å². The molecule has 58 heavy (non-hydrogen) atoms. The van der Waals surface area contributed by atoms with Crippen LogP contribution in [0.2, 0.25) is 0 Å². The monoisotopic (exact) mass is 816 g/mol. The fourth-order valence-electron chi connectivity index (χ4n) is 7.49. The number of allylic oxidation sites excluding steroid dienone is 5. The zero-order valence-corrected chi connectivity index (χ0v) is 38.5. The number of aliphatic hydroxyl groups is 2. The Labute approximate surface area is 360 Å². The number of esters is 1. The van der Waals surface area contributed by atoms with Crippen LogP contribution in [0.3, 0.4) is 0 Å². The Kier molecular flexibility index (Phi) is 46.2. The van der Waals surface area contributed by atoms with Gasteiger partial charge in [-0.15, -0.1) is 0 Å². The molecule has 0 aromatic heterocycles. The maximum atomic E-state index is 12.4. The van der Waals surface area contributed by atoms with Gasteiger partial charge in [0.15, 0.2) is 0 Å². The predicted molar refractivity (Wildman–Crippen MR) is 250 cm³/mol. The highest BCUT2D eigenvalue weighted by Crippen LogP contribution is 2.15. The van der Waals surface area contributed by atoms with Crippen molar-refractivity contribution in [3.05, 3.63) is 36.5 Å². The fraction of sp³-hybridized carbons (Fsp3) is 0.846. The topological polar surface area (TPSA) is 95.9 Å². The summed E-state index contributed by atoms with van der Waals surface area (Å²) in [5, 5.41) is 22.9. The highest BCUT2D eigenvalue weighted by atomic mass is 16.5. The zero-order chi connectivity index (χ0) is 42.3. The molecule has 2 unspecified atom stereocenters. The van der Waals surface area contributed by atoms with E-state index in [-0.39, 0.29) is 18.5 Å². The Morgan fingerprint density at radius 2 is 0.862 bits per heavy atom. The van der Waals surface area contributed by atoms with E-state index in [0.29, 0.717) is 19.4 Å². The third-order valence-corrected chi connectivity index (χ3v) is 11.4. The molecular weight excluding hydrogens is 719 g/mol. The lowest BCUT2D eigenvalue weighted by molar-refractivity contribution is -0.143. The van der Waals surface area contributed by atoms with Gasteiger partial charge in [-0.1, -0.05) is 217 Å². The van der Waals surface area contributed by atoms with E-state index < -0.39 is 12.1 Å². The van der Waals surface area contributed by atoms with Crippen molar-refractivity contribution in [1.82, 2.24) is 5.32 Å². The normalized spacial score (nSPS) is 13.0. The number of unbranched alkanes of at least 4 members (excludes halogenated alkanes) is 31. The maximum Gasteiger partial charge on any atom is 0.305 e. The van der Waals surface area contributed by atoms with Gasteiger partial charge < -0.3 is 20.3 Å². The second-order valence-corrected chi connectivity index (χ2v) is 17.1. The van der Waals surface area contributed by atoms with E-state index in [1.807, 2.05) is 6.08 Å². The van der Waals surface area contributed by atoms with Crippen LogP contribution in [-0.4, -0.2) is 47.4 Å². The number of hydrogen-bond donors (Lipinski definition) is 3. The number of carbonyl (C=O) groups excluding carboxylic acids is 2. The van der Waals surface area contributed by atoms with Crippen LogP contribution in [0.25, 0.3) is 0 Å². The molecule has 0 heterocycles. The predicted octanol–water partition coefficient (Wildman–Crippen LogP) is 14.9. The fourth-order valence-corrected chi connectivity index (χ4v) is 7.49. The Morgan fingerprint density at radius 1 is 0.483 bits per heavy atom. The lowest BCUT2D eigenvalue weighted by Gasteiger charge is -2.20. The first-order chi connectivity index (χ1) is 28.5. The molecule has 0 spiro atoms. The summed E-state index contributed by atoms with van der Waals surface area (Å²) < 4.78 is 5.46. The van der Waals surface area contributed by atoms with Gasteiger partial charge in [-0.3, -0.25) is 9.59 Å². The summed E-state index contributed by atoms with van der Waals surface area (Å²) in [5.74, 6) is -0.0992. The van der Waals surface area contributed by atoms with E-state index >= 15 is 0 Å². The van der Waals surface area contributed by atoms with Crippen LogP contribution in [0.4, 0.5) is 0 Å². The van der Waals surface area contributed by atoms with Gasteiger partial charge >= 0.3 is 5.97 Å².